The highest BCUT2D eigenvalue weighted by molar-refractivity contribution is 5.98. The van der Waals surface area contributed by atoms with Crippen LogP contribution in [-0.4, -0.2) is 68.2 Å². The molecular weight excluding hydrogens is 394 g/mol. The second-order valence-corrected chi connectivity index (χ2v) is 8.44. The molecule has 2 amide bonds. The third-order valence-electron chi connectivity index (χ3n) is 6.64. The molecule has 5 rings (SSSR count). The number of benzene rings is 2. The van der Waals surface area contributed by atoms with Gasteiger partial charge in [-0.05, 0) is 37.1 Å². The molecule has 0 unspecified atom stereocenters. The maximum Gasteiger partial charge on any atom is 0.284 e. The summed E-state index contributed by atoms with van der Waals surface area (Å²) >= 11 is 0. The van der Waals surface area contributed by atoms with Crippen LogP contribution < -0.4 is 19.3 Å². The molecule has 7 nitrogen and oxygen atoms in total. The lowest BCUT2D eigenvalue weighted by Crippen LogP contribution is -3.19. The predicted octanol–water partition coefficient (Wildman–Crippen LogP) is 0.531. The minimum absolute atomic E-state index is 0.0407. The Morgan fingerprint density at radius 3 is 2.52 bits per heavy atom. The molecule has 162 valence electrons. The second kappa shape index (κ2) is 8.23. The van der Waals surface area contributed by atoms with Gasteiger partial charge in [-0.2, -0.15) is 0 Å². The van der Waals surface area contributed by atoms with Crippen molar-refractivity contribution in [3.8, 4) is 11.5 Å². The minimum atomic E-state index is -0.614. The third-order valence-corrected chi connectivity index (χ3v) is 6.64. The van der Waals surface area contributed by atoms with E-state index < -0.39 is 6.10 Å². The van der Waals surface area contributed by atoms with Gasteiger partial charge < -0.3 is 24.2 Å². The Labute approximate surface area is 182 Å². The van der Waals surface area contributed by atoms with E-state index in [0.717, 1.165) is 31.7 Å². The highest BCUT2D eigenvalue weighted by Crippen LogP contribution is 2.31. The van der Waals surface area contributed by atoms with Crippen molar-refractivity contribution in [3.05, 3.63) is 54.1 Å². The Morgan fingerprint density at radius 2 is 1.71 bits per heavy atom. The van der Waals surface area contributed by atoms with Crippen molar-refractivity contribution in [1.82, 2.24) is 4.90 Å². The number of nitrogens with zero attached hydrogens (tertiary/aromatic N) is 2. The molecular formula is C24H28N3O4+. The van der Waals surface area contributed by atoms with Gasteiger partial charge in [0.05, 0.1) is 26.2 Å². The first-order chi connectivity index (χ1) is 15.1. The molecule has 0 aromatic heterocycles. The fourth-order valence-electron chi connectivity index (χ4n) is 4.77. The van der Waals surface area contributed by atoms with Crippen LogP contribution in [0.3, 0.4) is 0 Å². The van der Waals surface area contributed by atoms with Crippen molar-refractivity contribution in [3.63, 3.8) is 0 Å². The van der Waals surface area contributed by atoms with Crippen molar-refractivity contribution in [2.24, 2.45) is 0 Å². The van der Waals surface area contributed by atoms with Gasteiger partial charge in [0.1, 0.15) is 6.61 Å². The van der Waals surface area contributed by atoms with Crippen LogP contribution in [-0.2, 0) is 16.0 Å². The fourth-order valence-corrected chi connectivity index (χ4v) is 4.77. The molecule has 2 aromatic rings. The Hall–Kier alpha value is -3.06. The summed E-state index contributed by atoms with van der Waals surface area (Å²) in [6, 6.07) is 15.4. The van der Waals surface area contributed by atoms with Crippen LogP contribution in [0.1, 0.15) is 12.5 Å². The summed E-state index contributed by atoms with van der Waals surface area (Å²) in [6.45, 7) is 5.71. The second-order valence-electron chi connectivity index (χ2n) is 8.44. The quantitative estimate of drug-likeness (QED) is 0.784. The molecule has 3 aliphatic rings. The molecule has 0 bridgehead atoms. The van der Waals surface area contributed by atoms with Gasteiger partial charge in [-0.1, -0.05) is 30.3 Å². The van der Waals surface area contributed by atoms with Crippen molar-refractivity contribution in [2.75, 3.05) is 44.2 Å². The van der Waals surface area contributed by atoms with E-state index in [2.05, 4.69) is 6.07 Å². The van der Waals surface area contributed by atoms with E-state index in [9.17, 15) is 9.59 Å². The van der Waals surface area contributed by atoms with E-state index in [0.29, 0.717) is 24.6 Å². The van der Waals surface area contributed by atoms with Crippen molar-refractivity contribution in [1.29, 1.82) is 0 Å². The van der Waals surface area contributed by atoms with Gasteiger partial charge in [-0.3, -0.25) is 9.59 Å². The van der Waals surface area contributed by atoms with Crippen LogP contribution in [0.15, 0.2) is 48.5 Å². The molecule has 0 aliphatic carbocycles. The number of anilines is 1. The van der Waals surface area contributed by atoms with E-state index in [1.807, 2.05) is 59.2 Å². The number of rotatable bonds is 3. The Morgan fingerprint density at radius 1 is 1.00 bits per heavy atom. The molecule has 0 radical (unpaired) electrons. The fraction of sp³-hybridized carbons (Fsp3) is 0.417. The number of fused-ring (bicyclic) bond motifs is 2. The molecule has 1 N–H and O–H groups in total. The van der Waals surface area contributed by atoms with Crippen LogP contribution in [0.4, 0.5) is 5.69 Å². The topological polar surface area (TPSA) is 63.5 Å². The number of carbonyl (C=O) groups excluding carboxylic acids is 2. The normalized spacial score (nSPS) is 21.5. The maximum absolute atomic E-state index is 13.2. The SMILES string of the molecule is C[C@@H](C(=O)N1CCc2ccccc21)[NH+]1CCN(C(=O)[C@H]2COc3ccccc3O2)CC1. The summed E-state index contributed by atoms with van der Waals surface area (Å²) in [5.74, 6) is 1.42. The van der Waals surface area contributed by atoms with Crippen molar-refractivity contribution in [2.45, 2.75) is 25.5 Å². The summed E-state index contributed by atoms with van der Waals surface area (Å²) in [7, 11) is 0. The van der Waals surface area contributed by atoms with E-state index in [1.54, 1.807) is 0 Å². The number of carbonyl (C=O) groups is 2. The van der Waals surface area contributed by atoms with E-state index in [-0.39, 0.29) is 24.5 Å². The van der Waals surface area contributed by atoms with Crippen molar-refractivity contribution >= 4 is 17.5 Å². The molecule has 1 saturated heterocycles. The highest BCUT2D eigenvalue weighted by atomic mass is 16.6. The molecule has 7 heteroatoms. The van der Waals surface area contributed by atoms with Crippen molar-refractivity contribution < 1.29 is 24.0 Å². The largest absolute Gasteiger partial charge is 0.485 e. The first-order valence-electron chi connectivity index (χ1n) is 11.0. The minimum Gasteiger partial charge on any atom is -0.485 e. The number of piperazine rings is 1. The number of amides is 2. The summed E-state index contributed by atoms with van der Waals surface area (Å²) < 4.78 is 11.6. The van der Waals surface area contributed by atoms with Crippen LogP contribution >= 0.6 is 0 Å². The van der Waals surface area contributed by atoms with Crippen LogP contribution in [0.25, 0.3) is 0 Å². The average Bonchev–Trinajstić information content (AvgIpc) is 3.26. The number of ether oxygens (including phenoxy) is 2. The lowest BCUT2D eigenvalue weighted by atomic mass is 10.1. The molecule has 1 fully saturated rings. The lowest BCUT2D eigenvalue weighted by Gasteiger charge is -2.37. The van der Waals surface area contributed by atoms with E-state index in [1.165, 1.54) is 10.5 Å². The molecule has 2 aromatic carbocycles. The zero-order valence-electron chi connectivity index (χ0n) is 17.8. The lowest BCUT2D eigenvalue weighted by molar-refractivity contribution is -0.917. The number of nitrogens with one attached hydrogen (secondary N) is 1. The number of para-hydroxylation sites is 3. The monoisotopic (exact) mass is 422 g/mol. The average molecular weight is 423 g/mol. The zero-order valence-corrected chi connectivity index (χ0v) is 17.8. The van der Waals surface area contributed by atoms with Gasteiger partial charge in [0, 0.05) is 12.2 Å². The molecule has 0 saturated carbocycles. The maximum atomic E-state index is 13.2. The van der Waals surface area contributed by atoms with Gasteiger partial charge in [0.25, 0.3) is 11.8 Å². The van der Waals surface area contributed by atoms with Crippen LogP contribution in [0.5, 0.6) is 11.5 Å². The molecule has 3 aliphatic heterocycles. The summed E-state index contributed by atoms with van der Waals surface area (Å²) in [4.78, 5) is 31.1. The Bertz CT molecular complexity index is 986. The summed E-state index contributed by atoms with van der Waals surface area (Å²) in [5.41, 5.74) is 2.28. The van der Waals surface area contributed by atoms with Crippen LogP contribution in [0.2, 0.25) is 0 Å². The first kappa shape index (κ1) is 19.9. The molecule has 31 heavy (non-hydrogen) atoms. The van der Waals surface area contributed by atoms with Gasteiger partial charge in [-0.25, -0.2) is 0 Å². The smallest absolute Gasteiger partial charge is 0.284 e. The highest BCUT2D eigenvalue weighted by Gasteiger charge is 2.38. The number of hydrogen-bond acceptors (Lipinski definition) is 4. The summed E-state index contributed by atoms with van der Waals surface area (Å²) in [5, 5.41) is 0. The number of hydrogen-bond donors (Lipinski definition) is 1. The van der Waals surface area contributed by atoms with Gasteiger partial charge in [-0.15, -0.1) is 0 Å². The molecule has 2 atom stereocenters. The van der Waals surface area contributed by atoms with Gasteiger partial charge >= 0.3 is 0 Å². The predicted molar refractivity (Wildman–Crippen MR) is 116 cm³/mol. The first-order valence-corrected chi connectivity index (χ1v) is 11.0. The van der Waals surface area contributed by atoms with Gasteiger partial charge in [0.2, 0.25) is 6.10 Å². The van der Waals surface area contributed by atoms with E-state index in [4.69, 9.17) is 9.47 Å². The standard InChI is InChI=1S/C24H27N3O4/c1-17(23(28)27-11-10-18-6-2-3-7-19(18)27)25-12-14-26(15-13-25)24(29)22-16-30-20-8-4-5-9-21(20)31-22/h2-9,17,22H,10-16H2,1H3/p+1/t17-,22+/m0/s1. The zero-order chi connectivity index (χ0) is 21.4. The molecule has 3 heterocycles. The van der Waals surface area contributed by atoms with Gasteiger partial charge in [0.15, 0.2) is 17.5 Å². The van der Waals surface area contributed by atoms with Crippen LogP contribution in [0, 0.1) is 0 Å². The summed E-state index contributed by atoms with van der Waals surface area (Å²) in [6.07, 6.45) is 0.301. The van der Waals surface area contributed by atoms with E-state index >= 15 is 0 Å². The Balaban J connectivity index is 1.17. The Kier molecular flexibility index (Phi) is 5.28. The third kappa shape index (κ3) is 3.74. The number of quaternary nitrogens is 1. The molecule has 0 spiro atoms.